The molecule has 3 aliphatic carbocycles. The Balaban J connectivity index is 1.72. The molecule has 2 nitrogen and oxygen atoms in total. The van der Waals surface area contributed by atoms with Crippen molar-refractivity contribution in [3.8, 4) is 5.75 Å². The summed E-state index contributed by atoms with van der Waals surface area (Å²) in [7, 11) is 2.32. The van der Waals surface area contributed by atoms with Crippen LogP contribution in [0.15, 0.2) is 30.4 Å². The Morgan fingerprint density at radius 3 is 3.00 bits per heavy atom. The van der Waals surface area contributed by atoms with Crippen LogP contribution in [-0.2, 0) is 11.2 Å². The molecule has 0 heterocycles. The molecule has 1 aromatic rings. The number of hydrogen-bond donors (Lipinski definition) is 0. The van der Waals surface area contributed by atoms with Crippen molar-refractivity contribution in [2.24, 2.45) is 17.3 Å². The van der Waals surface area contributed by atoms with E-state index in [2.05, 4.69) is 40.7 Å². The van der Waals surface area contributed by atoms with Crippen molar-refractivity contribution < 1.29 is 9.32 Å². The first-order valence-corrected chi connectivity index (χ1v) is 8.33. The van der Waals surface area contributed by atoms with E-state index in [9.17, 15) is 4.79 Å². The molecule has 4 unspecified atom stereocenters. The zero-order valence-electron chi connectivity index (χ0n) is 12.3. The van der Waals surface area contributed by atoms with Crippen molar-refractivity contribution in [3.05, 3.63) is 41.5 Å². The first kappa shape index (κ1) is 13.5. The molecule has 5 atom stereocenters. The number of ketones is 1. The topological polar surface area (TPSA) is 26.3 Å². The Morgan fingerprint density at radius 1 is 1.33 bits per heavy atom. The normalized spacial score (nSPS) is 36.9. The molecule has 0 radical (unpaired) electrons. The number of aryl methyl sites for hydroxylation is 1. The van der Waals surface area contributed by atoms with Gasteiger partial charge in [-0.25, -0.2) is 0 Å². The smallest absolute Gasteiger partial charge is 0.161 e. The van der Waals surface area contributed by atoms with Crippen LogP contribution in [-0.4, -0.2) is 5.78 Å². The Hall–Kier alpha value is -1.14. The van der Waals surface area contributed by atoms with Crippen molar-refractivity contribution in [1.82, 2.24) is 0 Å². The van der Waals surface area contributed by atoms with Gasteiger partial charge in [0.05, 0.1) is 9.47 Å². The van der Waals surface area contributed by atoms with Crippen LogP contribution in [0.5, 0.6) is 5.75 Å². The van der Waals surface area contributed by atoms with Gasteiger partial charge in [0.15, 0.2) is 5.78 Å². The van der Waals surface area contributed by atoms with Gasteiger partial charge in [-0.3, -0.25) is 4.79 Å². The molecule has 0 bridgehead atoms. The molecular weight excluding hydrogens is 279 g/mol. The summed E-state index contributed by atoms with van der Waals surface area (Å²) in [6.07, 6.45) is 8.49. The predicted octanol–water partition coefficient (Wildman–Crippen LogP) is 4.06. The van der Waals surface area contributed by atoms with Crippen molar-refractivity contribution in [1.29, 1.82) is 0 Å². The van der Waals surface area contributed by atoms with Gasteiger partial charge in [0.2, 0.25) is 0 Å². The lowest BCUT2D eigenvalue weighted by Crippen LogP contribution is -2.42. The van der Waals surface area contributed by atoms with E-state index in [0.717, 1.165) is 25.0 Å². The fourth-order valence-corrected chi connectivity index (χ4v) is 5.05. The standard InChI is InChI=1S/C18H21O2P/c1-18-9-8-14-13-5-3-12(20-21)10-11(13)2-4-15(14)16(18)6-7-17(18)19/h3,5-7,10,14-16H,2,4,8-9,21H2,1H3/t14?,15?,16?,18-/m0/s1. The highest BCUT2D eigenvalue weighted by atomic mass is 31.0. The van der Waals surface area contributed by atoms with E-state index >= 15 is 0 Å². The molecule has 0 aromatic heterocycles. The van der Waals surface area contributed by atoms with Gasteiger partial charge in [0.25, 0.3) is 0 Å². The van der Waals surface area contributed by atoms with E-state index in [1.807, 2.05) is 6.08 Å². The van der Waals surface area contributed by atoms with E-state index in [4.69, 9.17) is 4.52 Å². The quantitative estimate of drug-likeness (QED) is 0.731. The van der Waals surface area contributed by atoms with Gasteiger partial charge in [-0.2, -0.15) is 0 Å². The minimum atomic E-state index is -0.123. The number of fused-ring (bicyclic) bond motifs is 5. The number of rotatable bonds is 1. The molecule has 3 aliphatic rings. The minimum absolute atomic E-state index is 0.123. The van der Waals surface area contributed by atoms with Crippen LogP contribution in [0.4, 0.5) is 0 Å². The summed E-state index contributed by atoms with van der Waals surface area (Å²) in [5, 5.41) is 0. The van der Waals surface area contributed by atoms with E-state index in [0.29, 0.717) is 23.5 Å². The van der Waals surface area contributed by atoms with E-state index in [1.165, 1.54) is 17.5 Å². The average molecular weight is 300 g/mol. The van der Waals surface area contributed by atoms with E-state index in [1.54, 1.807) is 0 Å². The van der Waals surface area contributed by atoms with Crippen LogP contribution in [0, 0.1) is 17.3 Å². The summed E-state index contributed by atoms with van der Waals surface area (Å²) in [6, 6.07) is 6.49. The minimum Gasteiger partial charge on any atom is -0.480 e. The third kappa shape index (κ3) is 1.85. The molecule has 1 aromatic carbocycles. The molecule has 3 heteroatoms. The number of carbonyl (C=O) groups excluding carboxylic acids is 1. The lowest BCUT2D eigenvalue weighted by atomic mass is 9.55. The number of carbonyl (C=O) groups is 1. The summed E-state index contributed by atoms with van der Waals surface area (Å²) in [5.74, 6) is 2.95. The Morgan fingerprint density at radius 2 is 2.19 bits per heavy atom. The summed E-state index contributed by atoms with van der Waals surface area (Å²) in [6.45, 7) is 2.18. The molecular formula is C18H21O2P. The van der Waals surface area contributed by atoms with Crippen LogP contribution in [0.1, 0.15) is 43.2 Å². The highest BCUT2D eigenvalue weighted by Crippen LogP contribution is 2.57. The Labute approximate surface area is 128 Å². The third-order valence-corrected chi connectivity index (χ3v) is 6.38. The molecule has 4 rings (SSSR count). The number of benzene rings is 1. The second-order valence-electron chi connectivity index (χ2n) is 6.99. The third-order valence-electron chi connectivity index (χ3n) is 6.10. The lowest BCUT2D eigenvalue weighted by Gasteiger charge is -2.48. The Kier molecular flexibility index (Phi) is 3.01. The fourth-order valence-electron chi connectivity index (χ4n) is 4.91. The summed E-state index contributed by atoms with van der Waals surface area (Å²) >= 11 is 0. The molecule has 0 saturated heterocycles. The predicted molar refractivity (Wildman–Crippen MR) is 86.3 cm³/mol. The molecule has 1 saturated carbocycles. The maximum atomic E-state index is 12.2. The molecule has 1 fully saturated rings. The molecule has 0 N–H and O–H groups in total. The van der Waals surface area contributed by atoms with Gasteiger partial charge in [-0.15, -0.1) is 0 Å². The largest absolute Gasteiger partial charge is 0.480 e. The van der Waals surface area contributed by atoms with Crippen molar-refractivity contribution >= 4 is 15.2 Å². The maximum absolute atomic E-state index is 12.2. The van der Waals surface area contributed by atoms with E-state index < -0.39 is 0 Å². The van der Waals surface area contributed by atoms with Gasteiger partial charge in [-0.1, -0.05) is 19.1 Å². The molecule has 21 heavy (non-hydrogen) atoms. The molecule has 0 amide bonds. The van der Waals surface area contributed by atoms with Gasteiger partial charge in [-0.05, 0) is 72.8 Å². The molecule has 0 spiro atoms. The van der Waals surface area contributed by atoms with Crippen LogP contribution >= 0.6 is 9.47 Å². The van der Waals surface area contributed by atoms with Crippen molar-refractivity contribution in [2.75, 3.05) is 0 Å². The SMILES string of the molecule is C[C@]12CCC3c4ccc(OP)cc4CCC3C1C=CC2=O. The Bertz CT molecular complexity index is 636. The van der Waals surface area contributed by atoms with Crippen LogP contribution in [0.2, 0.25) is 0 Å². The highest BCUT2D eigenvalue weighted by Gasteiger charge is 2.52. The first-order chi connectivity index (χ1) is 10.1. The number of allylic oxidation sites excluding steroid dienone is 2. The first-order valence-electron chi connectivity index (χ1n) is 7.85. The van der Waals surface area contributed by atoms with Crippen LogP contribution < -0.4 is 4.52 Å². The second kappa shape index (κ2) is 4.68. The van der Waals surface area contributed by atoms with Crippen molar-refractivity contribution in [3.63, 3.8) is 0 Å². The summed E-state index contributed by atoms with van der Waals surface area (Å²) in [5.41, 5.74) is 2.81. The maximum Gasteiger partial charge on any atom is 0.161 e. The second-order valence-corrected chi connectivity index (χ2v) is 7.23. The van der Waals surface area contributed by atoms with Gasteiger partial charge in [0, 0.05) is 5.41 Å². The zero-order chi connectivity index (χ0) is 14.6. The van der Waals surface area contributed by atoms with Gasteiger partial charge < -0.3 is 4.52 Å². The van der Waals surface area contributed by atoms with Crippen LogP contribution in [0.25, 0.3) is 0 Å². The average Bonchev–Trinajstić information content (AvgIpc) is 2.82. The number of hydrogen-bond acceptors (Lipinski definition) is 2. The highest BCUT2D eigenvalue weighted by molar-refractivity contribution is 7.10. The lowest BCUT2D eigenvalue weighted by molar-refractivity contribution is -0.126. The van der Waals surface area contributed by atoms with E-state index in [-0.39, 0.29) is 5.41 Å². The monoisotopic (exact) mass is 300 g/mol. The molecule has 0 aliphatic heterocycles. The summed E-state index contributed by atoms with van der Waals surface area (Å²) < 4.78 is 5.28. The fraction of sp³-hybridized carbons (Fsp3) is 0.500. The van der Waals surface area contributed by atoms with Crippen molar-refractivity contribution in [2.45, 2.75) is 38.5 Å². The summed E-state index contributed by atoms with van der Waals surface area (Å²) in [4.78, 5) is 12.2. The van der Waals surface area contributed by atoms with Gasteiger partial charge >= 0.3 is 0 Å². The van der Waals surface area contributed by atoms with Gasteiger partial charge in [0.1, 0.15) is 5.75 Å². The molecule has 110 valence electrons. The zero-order valence-corrected chi connectivity index (χ0v) is 13.5. The van der Waals surface area contributed by atoms with Crippen LogP contribution in [0.3, 0.4) is 0 Å².